The van der Waals surface area contributed by atoms with Crippen molar-refractivity contribution in [1.29, 1.82) is 0 Å². The number of amides is 1. The summed E-state index contributed by atoms with van der Waals surface area (Å²) >= 11 is 0. The van der Waals surface area contributed by atoms with Crippen molar-refractivity contribution in [2.75, 3.05) is 0 Å². The zero-order valence-corrected chi connectivity index (χ0v) is 10.6. The topological polar surface area (TPSA) is 65.3 Å². The summed E-state index contributed by atoms with van der Waals surface area (Å²) in [5, 5.41) is 0. The molecule has 4 nitrogen and oxygen atoms in total. The van der Waals surface area contributed by atoms with Crippen molar-refractivity contribution in [3.8, 4) is 0 Å². The van der Waals surface area contributed by atoms with E-state index in [2.05, 4.69) is 0 Å². The number of hydrogen-bond donors (Lipinski definition) is 0. The second-order valence-corrected chi connectivity index (χ2v) is 3.84. The van der Waals surface area contributed by atoms with Gasteiger partial charge in [-0.3, -0.25) is 0 Å². The average molecular weight is 299 g/mol. The van der Waals surface area contributed by atoms with Crippen molar-refractivity contribution in [3.63, 3.8) is 0 Å². The van der Waals surface area contributed by atoms with Gasteiger partial charge in [0.15, 0.2) is 10.0 Å². The van der Waals surface area contributed by atoms with Crippen LogP contribution in [-0.2, 0) is 14.8 Å². The Balaban J connectivity index is 0. The number of carbonyl (C=O) groups excluding carboxylic acids is 1. The van der Waals surface area contributed by atoms with Crippen LogP contribution in [0.5, 0.6) is 0 Å². The van der Waals surface area contributed by atoms with E-state index < -0.39 is 33.8 Å². The molecule has 0 fully saturated rings. The summed E-state index contributed by atoms with van der Waals surface area (Å²) in [6.45, 7) is 0. The Morgan fingerprint density at radius 3 is 1.65 bits per heavy atom. The number of nitrogens with zero attached hydrogens (tertiary/aromatic N) is 1. The minimum Gasteiger partial charge on any atom is -0.533 e. The van der Waals surface area contributed by atoms with E-state index in [0.717, 1.165) is 4.72 Å². The number of carbonyl (C=O) groups is 1. The van der Waals surface area contributed by atoms with Gasteiger partial charge in [0.2, 0.25) is 0 Å². The first-order valence-corrected chi connectivity index (χ1v) is 4.51. The molecule has 0 saturated heterocycles. The van der Waals surface area contributed by atoms with Crippen LogP contribution in [-0.4, -0.2) is 32.2 Å². The van der Waals surface area contributed by atoms with Gasteiger partial charge in [0.05, 0.1) is 0 Å². The third-order valence-electron chi connectivity index (χ3n) is 1.05. The fourth-order valence-electron chi connectivity index (χ4n) is 0.315. The first-order chi connectivity index (χ1) is 6.82. The van der Waals surface area contributed by atoms with Crippen molar-refractivity contribution in [3.05, 3.63) is 4.72 Å². The zero-order chi connectivity index (χ0) is 13.4. The number of halogens is 7. The largest absolute Gasteiger partial charge is 1.00 e. The van der Waals surface area contributed by atoms with Gasteiger partial charge in [-0.1, -0.05) is 0 Å². The molecule has 13 heteroatoms. The summed E-state index contributed by atoms with van der Waals surface area (Å²) < 4.78 is 103. The van der Waals surface area contributed by atoms with Gasteiger partial charge < -0.3 is 9.52 Å². The predicted octanol–water partition coefficient (Wildman–Crippen LogP) is -1.36. The van der Waals surface area contributed by atoms with Crippen molar-refractivity contribution >= 4 is 15.9 Å². The molecule has 0 radical (unpaired) electrons. The molecule has 96 valence electrons. The van der Waals surface area contributed by atoms with Crippen LogP contribution in [0.4, 0.5) is 30.7 Å². The van der Waals surface area contributed by atoms with Gasteiger partial charge in [0.1, 0.15) is 5.91 Å². The van der Waals surface area contributed by atoms with Gasteiger partial charge in [-0.05, 0) is 0 Å². The summed E-state index contributed by atoms with van der Waals surface area (Å²) in [5.74, 6) is -8.96. The van der Waals surface area contributed by atoms with Crippen LogP contribution >= 0.6 is 0 Å². The number of rotatable bonds is 3. The zero-order valence-electron chi connectivity index (χ0n) is 7.80. The van der Waals surface area contributed by atoms with Crippen molar-refractivity contribution in [2.24, 2.45) is 0 Å². The molecule has 0 atom stereocenters. The molecule has 0 heterocycles. The molecule has 0 aromatic rings. The Kier molecular flexibility index (Phi) is 6.48. The van der Waals surface area contributed by atoms with Gasteiger partial charge in [0, 0.05) is 0 Å². The number of alkyl halides is 7. The molecule has 0 aliphatic carbocycles. The number of hydrogen-bond acceptors (Lipinski definition) is 3. The fourth-order valence-corrected chi connectivity index (χ4v) is 0.759. The van der Waals surface area contributed by atoms with Gasteiger partial charge in [-0.15, -0.1) is 0 Å². The fraction of sp³-hybridized carbons (Fsp3) is 0.750. The van der Waals surface area contributed by atoms with Crippen LogP contribution in [0.15, 0.2) is 0 Å². The standard InChI is InChI=1S/C4H2F7NO3S.Na/c5-1(6)3(7,8)2(13)12-16(14,15)4(9,10)11;/h1H,(H,12,13);/q;+1/p-1. The first kappa shape index (κ1) is 19.3. The van der Waals surface area contributed by atoms with Crippen LogP contribution in [0.1, 0.15) is 0 Å². The smallest absolute Gasteiger partial charge is 0.533 e. The molecule has 0 saturated carbocycles. The second kappa shape index (κ2) is 5.71. The first-order valence-electron chi connectivity index (χ1n) is 3.07. The van der Waals surface area contributed by atoms with Crippen LogP contribution in [0.3, 0.4) is 0 Å². The molecule has 0 aromatic carbocycles. The van der Waals surface area contributed by atoms with E-state index in [1.54, 1.807) is 0 Å². The third-order valence-corrected chi connectivity index (χ3v) is 2.05. The Bertz CT molecular complexity index is 377. The summed E-state index contributed by atoms with van der Waals surface area (Å²) in [6, 6.07) is 0. The maximum atomic E-state index is 12.0. The van der Waals surface area contributed by atoms with E-state index in [9.17, 15) is 43.9 Å². The molecule has 0 aliphatic heterocycles. The predicted molar refractivity (Wildman–Crippen MR) is 34.3 cm³/mol. The minimum atomic E-state index is -6.55. The van der Waals surface area contributed by atoms with E-state index in [-0.39, 0.29) is 29.6 Å². The van der Waals surface area contributed by atoms with Crippen LogP contribution in [0.2, 0.25) is 0 Å². The number of sulfonamides is 1. The summed E-state index contributed by atoms with van der Waals surface area (Å²) in [6.07, 6.45) is -4.66. The van der Waals surface area contributed by atoms with E-state index in [4.69, 9.17) is 0 Å². The molecule has 0 aliphatic rings. The Hall–Kier alpha value is -0.0700. The van der Waals surface area contributed by atoms with E-state index in [1.807, 2.05) is 0 Å². The van der Waals surface area contributed by atoms with Crippen molar-refractivity contribution in [1.82, 2.24) is 0 Å². The molecule has 0 spiro atoms. The van der Waals surface area contributed by atoms with Crippen LogP contribution < -0.4 is 29.6 Å². The van der Waals surface area contributed by atoms with Crippen LogP contribution in [0.25, 0.3) is 4.72 Å². The molecule has 17 heavy (non-hydrogen) atoms. The summed E-state index contributed by atoms with van der Waals surface area (Å²) in [4.78, 5) is 10.1. The van der Waals surface area contributed by atoms with Crippen molar-refractivity contribution in [2.45, 2.75) is 17.9 Å². The monoisotopic (exact) mass is 299 g/mol. The molecule has 1 amide bonds. The molecule has 0 bridgehead atoms. The summed E-state index contributed by atoms with van der Waals surface area (Å²) in [7, 11) is -6.55. The quantitative estimate of drug-likeness (QED) is 0.478. The van der Waals surface area contributed by atoms with Gasteiger partial charge in [-0.25, -0.2) is 17.2 Å². The minimum absolute atomic E-state index is 0. The Labute approximate surface area is 112 Å². The van der Waals surface area contributed by atoms with Gasteiger partial charge in [-0.2, -0.15) is 22.0 Å². The van der Waals surface area contributed by atoms with Crippen molar-refractivity contribution < 1.29 is 73.5 Å². The second-order valence-electron chi connectivity index (χ2n) is 2.24. The van der Waals surface area contributed by atoms with E-state index >= 15 is 0 Å². The van der Waals surface area contributed by atoms with Gasteiger partial charge in [0.25, 0.3) is 0 Å². The Morgan fingerprint density at radius 1 is 1.06 bits per heavy atom. The maximum absolute atomic E-state index is 12.0. The summed E-state index contributed by atoms with van der Waals surface area (Å²) in [5.41, 5.74) is -6.11. The Morgan fingerprint density at radius 2 is 1.41 bits per heavy atom. The molecule has 0 aromatic heterocycles. The van der Waals surface area contributed by atoms with E-state index in [0.29, 0.717) is 0 Å². The third kappa shape index (κ3) is 4.60. The van der Waals surface area contributed by atoms with E-state index in [1.165, 1.54) is 0 Å². The maximum Gasteiger partial charge on any atom is 1.00 e. The molecule has 0 rings (SSSR count). The normalized spacial score (nSPS) is 13.2. The van der Waals surface area contributed by atoms with Gasteiger partial charge >= 0.3 is 47.4 Å². The molecular formula is C4HF7NNaO3S. The molecule has 0 unspecified atom stereocenters. The SMILES string of the molecule is O=C([N-]S(=O)(=O)C(F)(F)F)C(F)(F)C(F)F.[Na+]. The molecule has 0 N–H and O–H groups in total. The van der Waals surface area contributed by atoms with Crippen LogP contribution in [0, 0.1) is 0 Å². The molecular weight excluding hydrogens is 298 g/mol. The average Bonchev–Trinajstić information content (AvgIpc) is 2.00.